The molecule has 2 heterocycles. The molecule has 0 atom stereocenters. The topological polar surface area (TPSA) is 86.5 Å². The van der Waals surface area contributed by atoms with Crippen LogP contribution >= 0.6 is 0 Å². The third kappa shape index (κ3) is 2.71. The monoisotopic (exact) mass is 240 g/mol. The van der Waals surface area contributed by atoms with Crippen LogP contribution in [0, 0.1) is 11.3 Å². The molecule has 2 rings (SSSR count). The van der Waals surface area contributed by atoms with Crippen molar-refractivity contribution in [3.05, 3.63) is 41.9 Å². The standard InChI is InChI=1S/C12H12N6/c1-14-12-17-8-10(5-13)11(18-12)16-7-9-3-2-4-15-6-9/h2-4,6,8H,7H2,1H3,(H2,14,16,17,18). The number of rotatable bonds is 4. The Labute approximate surface area is 105 Å². The molecule has 90 valence electrons. The van der Waals surface area contributed by atoms with Crippen LogP contribution in [0.15, 0.2) is 30.7 Å². The van der Waals surface area contributed by atoms with Gasteiger partial charge in [-0.05, 0) is 11.6 Å². The van der Waals surface area contributed by atoms with Gasteiger partial charge in [0.15, 0.2) is 0 Å². The maximum absolute atomic E-state index is 8.98. The van der Waals surface area contributed by atoms with Crippen LogP contribution in [0.5, 0.6) is 0 Å². The molecule has 2 aromatic heterocycles. The SMILES string of the molecule is CNc1ncc(C#N)c(NCc2cccnc2)n1. The van der Waals surface area contributed by atoms with Gasteiger partial charge in [0.05, 0.1) is 6.20 Å². The van der Waals surface area contributed by atoms with Crippen LogP contribution in [-0.4, -0.2) is 22.0 Å². The summed E-state index contributed by atoms with van der Waals surface area (Å²) in [6.07, 6.45) is 4.97. The zero-order valence-electron chi connectivity index (χ0n) is 9.88. The molecule has 0 aromatic carbocycles. The number of hydrogen-bond donors (Lipinski definition) is 2. The minimum Gasteiger partial charge on any atom is -0.365 e. The summed E-state index contributed by atoms with van der Waals surface area (Å²) < 4.78 is 0. The second-order valence-corrected chi connectivity index (χ2v) is 3.53. The van der Waals surface area contributed by atoms with Crippen molar-refractivity contribution in [1.82, 2.24) is 15.0 Å². The van der Waals surface area contributed by atoms with E-state index < -0.39 is 0 Å². The summed E-state index contributed by atoms with van der Waals surface area (Å²) in [6, 6.07) is 5.87. The van der Waals surface area contributed by atoms with Crippen molar-refractivity contribution >= 4 is 11.8 Å². The molecule has 0 radical (unpaired) electrons. The maximum Gasteiger partial charge on any atom is 0.224 e. The summed E-state index contributed by atoms with van der Waals surface area (Å²) >= 11 is 0. The van der Waals surface area contributed by atoms with Gasteiger partial charge in [-0.2, -0.15) is 10.2 Å². The number of nitriles is 1. The molecular formula is C12H12N6. The van der Waals surface area contributed by atoms with Gasteiger partial charge >= 0.3 is 0 Å². The molecule has 6 nitrogen and oxygen atoms in total. The molecule has 0 saturated heterocycles. The van der Waals surface area contributed by atoms with E-state index >= 15 is 0 Å². The summed E-state index contributed by atoms with van der Waals surface area (Å²) in [6.45, 7) is 0.558. The highest BCUT2D eigenvalue weighted by atomic mass is 15.1. The minimum atomic E-state index is 0.415. The number of hydrogen-bond acceptors (Lipinski definition) is 6. The second-order valence-electron chi connectivity index (χ2n) is 3.53. The summed E-state index contributed by atoms with van der Waals surface area (Å²) in [5, 5.41) is 14.9. The van der Waals surface area contributed by atoms with E-state index in [4.69, 9.17) is 5.26 Å². The van der Waals surface area contributed by atoms with Crippen LogP contribution in [0.25, 0.3) is 0 Å². The van der Waals surface area contributed by atoms with Crippen molar-refractivity contribution in [2.75, 3.05) is 17.7 Å². The van der Waals surface area contributed by atoms with E-state index in [1.165, 1.54) is 6.20 Å². The maximum atomic E-state index is 8.98. The lowest BCUT2D eigenvalue weighted by Gasteiger charge is -2.08. The quantitative estimate of drug-likeness (QED) is 0.840. The fourth-order valence-electron chi connectivity index (χ4n) is 1.41. The predicted molar refractivity (Wildman–Crippen MR) is 67.9 cm³/mol. The molecule has 6 heteroatoms. The van der Waals surface area contributed by atoms with Gasteiger partial charge in [-0.3, -0.25) is 4.98 Å². The number of pyridine rings is 1. The van der Waals surface area contributed by atoms with Crippen LogP contribution in [-0.2, 0) is 6.54 Å². The molecule has 0 amide bonds. The van der Waals surface area contributed by atoms with E-state index in [9.17, 15) is 0 Å². The lowest BCUT2D eigenvalue weighted by atomic mass is 10.2. The molecule has 0 unspecified atom stereocenters. The van der Waals surface area contributed by atoms with E-state index in [1.807, 2.05) is 12.1 Å². The third-order valence-electron chi connectivity index (χ3n) is 2.32. The van der Waals surface area contributed by atoms with Gasteiger partial charge in [0.25, 0.3) is 0 Å². The van der Waals surface area contributed by atoms with Crippen LogP contribution in [0.2, 0.25) is 0 Å². The van der Waals surface area contributed by atoms with Crippen LogP contribution in [0.3, 0.4) is 0 Å². The van der Waals surface area contributed by atoms with Crippen LogP contribution in [0.4, 0.5) is 11.8 Å². The third-order valence-corrected chi connectivity index (χ3v) is 2.32. The molecule has 0 aliphatic heterocycles. The highest BCUT2D eigenvalue weighted by molar-refractivity contribution is 5.53. The van der Waals surface area contributed by atoms with E-state index in [-0.39, 0.29) is 0 Å². The smallest absolute Gasteiger partial charge is 0.224 e. The molecule has 0 aliphatic carbocycles. The Bertz CT molecular complexity index is 561. The normalized spacial score (nSPS) is 9.56. The van der Waals surface area contributed by atoms with Gasteiger partial charge < -0.3 is 10.6 Å². The summed E-state index contributed by atoms with van der Waals surface area (Å²) in [5.74, 6) is 0.989. The number of nitrogens with one attached hydrogen (secondary N) is 2. The van der Waals surface area contributed by atoms with E-state index in [1.54, 1.807) is 19.4 Å². The molecule has 0 fully saturated rings. The van der Waals surface area contributed by atoms with Crippen molar-refractivity contribution in [2.45, 2.75) is 6.54 Å². The molecule has 2 N–H and O–H groups in total. The zero-order chi connectivity index (χ0) is 12.8. The molecular weight excluding hydrogens is 228 g/mol. The van der Waals surface area contributed by atoms with Crippen molar-refractivity contribution in [3.63, 3.8) is 0 Å². The Hall–Kier alpha value is -2.68. The first-order valence-corrected chi connectivity index (χ1v) is 5.41. The van der Waals surface area contributed by atoms with Gasteiger partial charge in [-0.25, -0.2) is 4.98 Å². The van der Waals surface area contributed by atoms with Crippen molar-refractivity contribution in [2.24, 2.45) is 0 Å². The van der Waals surface area contributed by atoms with Crippen LogP contribution in [0.1, 0.15) is 11.1 Å². The first kappa shape index (κ1) is 11.8. The summed E-state index contributed by atoms with van der Waals surface area (Å²) in [5.41, 5.74) is 1.43. The number of aromatic nitrogens is 3. The molecule has 0 saturated carbocycles. The lowest BCUT2D eigenvalue weighted by Crippen LogP contribution is -2.06. The van der Waals surface area contributed by atoms with Crippen molar-refractivity contribution < 1.29 is 0 Å². The second kappa shape index (κ2) is 5.59. The molecule has 0 aliphatic rings. The fraction of sp³-hybridized carbons (Fsp3) is 0.167. The van der Waals surface area contributed by atoms with Gasteiger partial charge in [0, 0.05) is 26.0 Å². The molecule has 0 bridgehead atoms. The number of anilines is 2. The minimum absolute atomic E-state index is 0.415. The van der Waals surface area contributed by atoms with Crippen molar-refractivity contribution in [3.8, 4) is 6.07 Å². The zero-order valence-corrected chi connectivity index (χ0v) is 9.88. The summed E-state index contributed by atoms with van der Waals surface area (Å²) in [7, 11) is 1.73. The van der Waals surface area contributed by atoms with E-state index in [0.29, 0.717) is 23.9 Å². The Kier molecular flexibility index (Phi) is 3.66. The first-order chi connectivity index (χ1) is 8.83. The average molecular weight is 240 g/mol. The summed E-state index contributed by atoms with van der Waals surface area (Å²) in [4.78, 5) is 12.2. The van der Waals surface area contributed by atoms with Gasteiger partial charge in [-0.1, -0.05) is 6.07 Å². The van der Waals surface area contributed by atoms with Gasteiger partial charge in [0.2, 0.25) is 5.95 Å². The van der Waals surface area contributed by atoms with Gasteiger partial charge in [-0.15, -0.1) is 0 Å². The lowest BCUT2D eigenvalue weighted by molar-refractivity contribution is 1.06. The predicted octanol–water partition coefficient (Wildman–Crippen LogP) is 1.40. The Morgan fingerprint density at radius 1 is 1.39 bits per heavy atom. The van der Waals surface area contributed by atoms with E-state index in [0.717, 1.165) is 5.56 Å². The largest absolute Gasteiger partial charge is 0.365 e. The number of nitrogens with zero attached hydrogens (tertiary/aromatic N) is 4. The first-order valence-electron chi connectivity index (χ1n) is 5.41. The Morgan fingerprint density at radius 2 is 2.28 bits per heavy atom. The molecule has 0 spiro atoms. The average Bonchev–Trinajstić information content (AvgIpc) is 2.45. The molecule has 18 heavy (non-hydrogen) atoms. The molecule has 2 aromatic rings. The Balaban J connectivity index is 2.15. The van der Waals surface area contributed by atoms with Gasteiger partial charge in [0.1, 0.15) is 17.5 Å². The highest BCUT2D eigenvalue weighted by Crippen LogP contribution is 2.13. The fourth-order valence-corrected chi connectivity index (χ4v) is 1.41. The Morgan fingerprint density at radius 3 is 2.94 bits per heavy atom. The van der Waals surface area contributed by atoms with E-state index in [2.05, 4.69) is 31.7 Å². The highest BCUT2D eigenvalue weighted by Gasteiger charge is 2.05. The van der Waals surface area contributed by atoms with Crippen molar-refractivity contribution in [1.29, 1.82) is 5.26 Å². The van der Waals surface area contributed by atoms with Crippen LogP contribution < -0.4 is 10.6 Å².